The van der Waals surface area contributed by atoms with Crippen molar-refractivity contribution in [2.45, 2.75) is 314 Å². The summed E-state index contributed by atoms with van der Waals surface area (Å²) in [4.78, 5) is 26.5. The maximum absolute atomic E-state index is 13.4. The lowest BCUT2D eigenvalue weighted by atomic mass is 9.99. The van der Waals surface area contributed by atoms with Gasteiger partial charge in [0.05, 0.1) is 25.4 Å². The van der Waals surface area contributed by atoms with E-state index >= 15 is 0 Å². The third-order valence-electron chi connectivity index (χ3n) is 14.0. The highest BCUT2D eigenvalue weighted by atomic mass is 16.7. The molecule has 420 valence electrons. The predicted molar refractivity (Wildman–Crippen MR) is 297 cm³/mol. The van der Waals surface area contributed by atoms with Crippen LogP contribution in [0.3, 0.4) is 0 Å². The zero-order chi connectivity index (χ0) is 52.5. The van der Waals surface area contributed by atoms with Gasteiger partial charge in [-0.15, -0.1) is 0 Å². The zero-order valence-electron chi connectivity index (χ0n) is 46.3. The molecule has 11 nitrogen and oxygen atoms in total. The fraction of sp³-hybridized carbons (Fsp3) is 0.836. The summed E-state index contributed by atoms with van der Waals surface area (Å²) in [7, 11) is 0. The Hall–Kier alpha value is -2.38. The van der Waals surface area contributed by atoms with Crippen LogP contribution in [0.15, 0.2) is 48.6 Å². The number of unbranched alkanes of at least 4 members (excludes halogenated alkanes) is 30. The molecule has 0 bridgehead atoms. The molecule has 0 spiro atoms. The van der Waals surface area contributed by atoms with Gasteiger partial charge in [0.2, 0.25) is 5.91 Å². The van der Waals surface area contributed by atoms with Gasteiger partial charge in [-0.2, -0.15) is 0 Å². The Bertz CT molecular complexity index is 1350. The smallest absolute Gasteiger partial charge is 0.306 e. The summed E-state index contributed by atoms with van der Waals surface area (Å²) in [6.45, 7) is 5.67. The molecule has 0 aromatic carbocycles. The highest BCUT2D eigenvalue weighted by Gasteiger charge is 2.47. The number of hydrogen-bond donors (Lipinski definition) is 6. The molecule has 1 amide bonds. The van der Waals surface area contributed by atoms with E-state index in [9.17, 15) is 35.1 Å². The van der Waals surface area contributed by atoms with E-state index in [1.165, 1.54) is 122 Å². The monoisotopic (exact) mass is 1020 g/mol. The van der Waals surface area contributed by atoms with Crippen LogP contribution in [0, 0.1) is 0 Å². The maximum atomic E-state index is 13.4. The lowest BCUT2D eigenvalue weighted by molar-refractivity contribution is -0.305. The van der Waals surface area contributed by atoms with Crippen LogP contribution in [0.1, 0.15) is 265 Å². The minimum atomic E-state index is -1.62. The van der Waals surface area contributed by atoms with Gasteiger partial charge in [-0.25, -0.2) is 0 Å². The van der Waals surface area contributed by atoms with Crippen LogP contribution in [-0.2, 0) is 23.8 Å². The van der Waals surface area contributed by atoms with E-state index in [2.05, 4.69) is 62.5 Å². The van der Waals surface area contributed by atoms with Crippen LogP contribution in [0.2, 0.25) is 0 Å². The highest BCUT2D eigenvalue weighted by Crippen LogP contribution is 2.26. The third-order valence-corrected chi connectivity index (χ3v) is 14.0. The Morgan fingerprint density at radius 2 is 1.00 bits per heavy atom. The van der Waals surface area contributed by atoms with Crippen molar-refractivity contribution in [3.63, 3.8) is 0 Å². The average molecular weight is 1020 g/mol. The minimum absolute atomic E-state index is 0.114. The topological polar surface area (TPSA) is 175 Å². The normalized spacial score (nSPS) is 19.8. The van der Waals surface area contributed by atoms with E-state index in [1.807, 2.05) is 6.08 Å². The quantitative estimate of drug-likeness (QED) is 0.0195. The SMILES string of the molecule is CC/C=C/C/C=C/CCCCCCCCCC(=O)OC1C(OCC(NC(=O)C(O)CCCCCCCC/C=C/CCCCCCCC)C(O)/C=C/CCCCCCCCCCCCC)OC(CO)C(O)C1O. The number of carbonyl (C=O) groups excluding carboxylic acids is 2. The van der Waals surface area contributed by atoms with Crippen molar-refractivity contribution in [1.29, 1.82) is 0 Å². The number of amides is 1. The summed E-state index contributed by atoms with van der Waals surface area (Å²) in [6.07, 6.45) is 48.6. The van der Waals surface area contributed by atoms with Gasteiger partial charge < -0.3 is 45.1 Å². The summed E-state index contributed by atoms with van der Waals surface area (Å²) in [5.41, 5.74) is 0. The van der Waals surface area contributed by atoms with Gasteiger partial charge in [-0.3, -0.25) is 9.59 Å². The molecule has 0 aromatic rings. The molecule has 8 atom stereocenters. The van der Waals surface area contributed by atoms with E-state index in [0.29, 0.717) is 12.8 Å². The van der Waals surface area contributed by atoms with Crippen molar-refractivity contribution in [2.75, 3.05) is 13.2 Å². The molecular weight excluding hydrogens is 907 g/mol. The number of aliphatic hydroxyl groups is 5. The van der Waals surface area contributed by atoms with E-state index in [4.69, 9.17) is 14.2 Å². The molecule has 1 fully saturated rings. The van der Waals surface area contributed by atoms with Gasteiger partial charge in [0.1, 0.15) is 24.4 Å². The van der Waals surface area contributed by atoms with Crippen LogP contribution in [0.4, 0.5) is 0 Å². The lowest BCUT2D eigenvalue weighted by Gasteiger charge is -2.41. The number of carbonyl (C=O) groups is 2. The van der Waals surface area contributed by atoms with Crippen molar-refractivity contribution in [3.05, 3.63) is 48.6 Å². The number of hydrogen-bond acceptors (Lipinski definition) is 10. The Morgan fingerprint density at radius 1 is 0.556 bits per heavy atom. The summed E-state index contributed by atoms with van der Waals surface area (Å²) in [6, 6.07) is -1.03. The Kier molecular flexibility index (Phi) is 46.5. The fourth-order valence-electron chi connectivity index (χ4n) is 9.21. The molecule has 6 N–H and O–H groups in total. The van der Waals surface area contributed by atoms with Crippen molar-refractivity contribution in [3.8, 4) is 0 Å². The highest BCUT2D eigenvalue weighted by molar-refractivity contribution is 5.80. The van der Waals surface area contributed by atoms with E-state index in [0.717, 1.165) is 96.3 Å². The molecule has 11 heteroatoms. The maximum Gasteiger partial charge on any atom is 0.306 e. The van der Waals surface area contributed by atoms with Gasteiger partial charge >= 0.3 is 5.97 Å². The largest absolute Gasteiger partial charge is 0.454 e. The van der Waals surface area contributed by atoms with E-state index < -0.39 is 67.4 Å². The second-order valence-electron chi connectivity index (χ2n) is 20.7. The summed E-state index contributed by atoms with van der Waals surface area (Å²) in [5, 5.41) is 56.9. The molecule has 1 heterocycles. The van der Waals surface area contributed by atoms with Crippen molar-refractivity contribution < 1.29 is 49.3 Å². The number of aliphatic hydroxyl groups excluding tert-OH is 5. The fourth-order valence-corrected chi connectivity index (χ4v) is 9.21. The van der Waals surface area contributed by atoms with Crippen molar-refractivity contribution in [2.24, 2.45) is 0 Å². The summed E-state index contributed by atoms with van der Waals surface area (Å²) in [5.74, 6) is -1.20. The second-order valence-corrected chi connectivity index (χ2v) is 20.7. The molecular formula is C61H111NO10. The standard InChI is InChI=1S/C61H111NO10/c1-4-7-10-13-16-19-22-25-27-28-30-33-36-39-42-45-48-54(65)60(69)62-52(53(64)47-44-41-38-35-32-29-24-21-18-15-12-9-6-3)51-70-61-59(58(68)57(67)55(50-63)71-61)72-56(66)49-46-43-40-37-34-31-26-23-20-17-14-11-8-5-2/h8,11,17,20,25,27,44,47,52-55,57-59,61,63-65,67-68H,4-7,9-10,12-16,18-19,21-24,26,28-43,45-46,48-51H2,1-3H3,(H,62,69)/b11-8+,20-17+,27-25+,47-44+. The molecule has 1 aliphatic rings. The molecule has 1 rings (SSSR count). The van der Waals surface area contributed by atoms with Gasteiger partial charge in [0.15, 0.2) is 12.4 Å². The number of nitrogens with one attached hydrogen (secondary N) is 1. The average Bonchev–Trinajstić information content (AvgIpc) is 3.38. The lowest BCUT2D eigenvalue weighted by Crippen LogP contribution is -2.61. The van der Waals surface area contributed by atoms with Crippen LogP contribution >= 0.6 is 0 Å². The molecule has 1 saturated heterocycles. The zero-order valence-corrected chi connectivity index (χ0v) is 46.3. The number of esters is 1. The molecule has 0 radical (unpaired) electrons. The summed E-state index contributed by atoms with van der Waals surface area (Å²) < 4.78 is 17.6. The Labute approximate surface area is 440 Å². The second kappa shape index (κ2) is 49.5. The van der Waals surface area contributed by atoms with E-state index in [-0.39, 0.29) is 19.4 Å². The number of allylic oxidation sites excluding steroid dienone is 7. The predicted octanol–water partition coefficient (Wildman–Crippen LogP) is 13.7. The van der Waals surface area contributed by atoms with Gasteiger partial charge in [0.25, 0.3) is 0 Å². The molecule has 0 aromatic heterocycles. The van der Waals surface area contributed by atoms with Crippen molar-refractivity contribution >= 4 is 11.9 Å². The molecule has 1 aliphatic heterocycles. The molecule has 0 aliphatic carbocycles. The third kappa shape index (κ3) is 37.4. The van der Waals surface area contributed by atoms with Crippen LogP contribution in [-0.4, -0.2) is 99.6 Å². The number of rotatable bonds is 50. The number of ether oxygens (including phenoxy) is 3. The van der Waals surface area contributed by atoms with E-state index in [1.54, 1.807) is 6.08 Å². The van der Waals surface area contributed by atoms with Gasteiger partial charge in [0, 0.05) is 6.42 Å². The molecule has 8 unspecified atom stereocenters. The summed E-state index contributed by atoms with van der Waals surface area (Å²) >= 11 is 0. The van der Waals surface area contributed by atoms with Crippen LogP contribution in [0.5, 0.6) is 0 Å². The Morgan fingerprint density at radius 3 is 1.50 bits per heavy atom. The van der Waals surface area contributed by atoms with Gasteiger partial charge in [-0.1, -0.05) is 230 Å². The first kappa shape index (κ1) is 67.6. The van der Waals surface area contributed by atoms with Gasteiger partial charge in [-0.05, 0) is 77.0 Å². The van der Waals surface area contributed by atoms with Crippen LogP contribution in [0.25, 0.3) is 0 Å². The molecule has 72 heavy (non-hydrogen) atoms. The molecule has 0 saturated carbocycles. The first-order valence-electron chi connectivity index (χ1n) is 29.9. The minimum Gasteiger partial charge on any atom is -0.454 e. The Balaban J connectivity index is 2.73. The van der Waals surface area contributed by atoms with Crippen molar-refractivity contribution in [1.82, 2.24) is 5.32 Å². The van der Waals surface area contributed by atoms with Crippen LogP contribution < -0.4 is 5.32 Å². The first-order chi connectivity index (χ1) is 35.2. The first-order valence-corrected chi connectivity index (χ1v) is 29.9.